The highest BCUT2D eigenvalue weighted by molar-refractivity contribution is 7.98. The lowest BCUT2D eigenvalue weighted by Crippen LogP contribution is -2.29. The molecular formula is C16H24N4O3S. The van der Waals surface area contributed by atoms with Crippen molar-refractivity contribution in [2.24, 2.45) is 0 Å². The fourth-order valence-electron chi connectivity index (χ4n) is 1.80. The lowest BCUT2D eigenvalue weighted by atomic mass is 10.3. The molecule has 1 rings (SSSR count). The van der Waals surface area contributed by atoms with Gasteiger partial charge >= 0.3 is 0 Å². The van der Waals surface area contributed by atoms with Gasteiger partial charge in [0.15, 0.2) is 5.82 Å². The molecule has 0 saturated carbocycles. The Balaban J connectivity index is 2.25. The zero-order chi connectivity index (χ0) is 17.8. The molecular weight excluding hydrogens is 328 g/mol. The Kier molecular flexibility index (Phi) is 9.49. The van der Waals surface area contributed by atoms with Gasteiger partial charge in [-0.15, -0.1) is 6.42 Å². The van der Waals surface area contributed by atoms with E-state index in [9.17, 15) is 10.1 Å². The van der Waals surface area contributed by atoms with Gasteiger partial charge in [-0.25, -0.2) is 0 Å². The Morgan fingerprint density at radius 3 is 2.88 bits per heavy atom. The second kappa shape index (κ2) is 11.4. The van der Waals surface area contributed by atoms with Gasteiger partial charge in [-0.3, -0.25) is 10.1 Å². The summed E-state index contributed by atoms with van der Waals surface area (Å²) < 4.78 is 5.76. The van der Waals surface area contributed by atoms with E-state index in [4.69, 9.17) is 10.8 Å². The summed E-state index contributed by atoms with van der Waals surface area (Å²) in [5.41, 5.74) is 0. The maximum Gasteiger partial charge on any atom is 0.274 e. The molecule has 0 amide bonds. The minimum Gasteiger partial charge on any atom is -0.465 e. The molecule has 0 fully saturated rings. The van der Waals surface area contributed by atoms with E-state index in [1.54, 1.807) is 11.8 Å². The molecule has 0 atom stereocenters. The summed E-state index contributed by atoms with van der Waals surface area (Å²) in [6.07, 6.45) is 6.91. The van der Waals surface area contributed by atoms with Crippen LogP contribution in [0.4, 0.5) is 0 Å². The normalized spacial score (nSPS) is 11.3. The monoisotopic (exact) mass is 352 g/mol. The van der Waals surface area contributed by atoms with E-state index in [0.29, 0.717) is 12.4 Å². The van der Waals surface area contributed by atoms with Gasteiger partial charge in [-0.05, 0) is 26.2 Å². The summed E-state index contributed by atoms with van der Waals surface area (Å²) in [4.78, 5) is 12.1. The first-order valence-corrected chi connectivity index (χ1v) is 8.73. The summed E-state index contributed by atoms with van der Waals surface area (Å²) in [6.45, 7) is 1.79. The van der Waals surface area contributed by atoms with Gasteiger partial charge in [0.2, 0.25) is 0 Å². The number of hydrogen-bond acceptors (Lipinski definition) is 7. The van der Waals surface area contributed by atoms with Crippen LogP contribution in [0.2, 0.25) is 0 Å². The smallest absolute Gasteiger partial charge is 0.274 e. The molecule has 1 heterocycles. The summed E-state index contributed by atoms with van der Waals surface area (Å²) in [7, 11) is 4.07. The second-order valence-electron chi connectivity index (χ2n) is 5.29. The summed E-state index contributed by atoms with van der Waals surface area (Å²) in [6, 6.07) is 4.01. The molecule has 0 aliphatic rings. The highest BCUT2D eigenvalue weighted by atomic mass is 32.2. The minimum atomic E-state index is -0.517. The average molecular weight is 352 g/mol. The molecule has 0 aliphatic carbocycles. The molecule has 1 aromatic rings. The van der Waals surface area contributed by atoms with Gasteiger partial charge in [0.1, 0.15) is 11.5 Å². The van der Waals surface area contributed by atoms with Crippen molar-refractivity contribution in [1.82, 2.24) is 15.5 Å². The van der Waals surface area contributed by atoms with Crippen LogP contribution in [-0.4, -0.2) is 49.3 Å². The molecule has 0 aromatic carbocycles. The molecule has 1 aromatic heterocycles. The van der Waals surface area contributed by atoms with Crippen LogP contribution in [0.1, 0.15) is 11.5 Å². The van der Waals surface area contributed by atoms with E-state index in [1.807, 2.05) is 26.2 Å². The fourth-order valence-corrected chi connectivity index (χ4v) is 2.55. The Morgan fingerprint density at radius 1 is 1.46 bits per heavy atom. The van der Waals surface area contributed by atoms with Gasteiger partial charge in [0, 0.05) is 25.3 Å². The Bertz CT molecular complexity index is 578. The molecule has 0 saturated heterocycles. The van der Waals surface area contributed by atoms with Gasteiger partial charge in [0.05, 0.1) is 17.2 Å². The van der Waals surface area contributed by atoms with Crippen LogP contribution in [-0.2, 0) is 12.2 Å². The van der Waals surface area contributed by atoms with E-state index >= 15 is 0 Å². The van der Waals surface area contributed by atoms with Crippen molar-refractivity contribution in [3.8, 4) is 12.3 Å². The van der Waals surface area contributed by atoms with E-state index in [2.05, 4.69) is 21.5 Å². The number of likely N-dealkylation sites (N-methyl/N-ethyl adjacent to an activating group) is 1. The van der Waals surface area contributed by atoms with Crippen LogP contribution in [0, 0.1) is 22.5 Å². The molecule has 2 N–H and O–H groups in total. The number of nitrogens with one attached hydrogen (secondary N) is 2. The molecule has 24 heavy (non-hydrogen) atoms. The second-order valence-corrected chi connectivity index (χ2v) is 6.39. The predicted octanol–water partition coefficient (Wildman–Crippen LogP) is 1.50. The lowest BCUT2D eigenvalue weighted by molar-refractivity contribution is -0.404. The maximum atomic E-state index is 10.5. The van der Waals surface area contributed by atoms with Crippen LogP contribution < -0.4 is 10.6 Å². The first-order chi connectivity index (χ1) is 11.5. The van der Waals surface area contributed by atoms with Crippen molar-refractivity contribution in [3.63, 3.8) is 0 Å². The van der Waals surface area contributed by atoms with Crippen molar-refractivity contribution >= 4 is 11.8 Å². The molecule has 8 heteroatoms. The van der Waals surface area contributed by atoms with E-state index in [0.717, 1.165) is 42.2 Å². The Labute approximate surface area is 147 Å². The number of thioether (sulfide) groups is 1. The Hall–Kier alpha value is -2.11. The van der Waals surface area contributed by atoms with Crippen LogP contribution in [0.15, 0.2) is 28.6 Å². The van der Waals surface area contributed by atoms with Gasteiger partial charge in [-0.1, -0.05) is 5.92 Å². The predicted molar refractivity (Wildman–Crippen MR) is 97.0 cm³/mol. The number of furan rings is 1. The third-order valence-corrected chi connectivity index (χ3v) is 3.93. The SMILES string of the molecule is C#CCNC(=C[N+](=O)[O-])NCCSCc1ccc(CCN(C)C)o1. The molecule has 0 aliphatic heterocycles. The zero-order valence-corrected chi connectivity index (χ0v) is 14.9. The summed E-state index contributed by atoms with van der Waals surface area (Å²) in [5.74, 6) is 6.20. The molecule has 132 valence electrons. The van der Waals surface area contributed by atoms with Crippen molar-refractivity contribution < 1.29 is 9.34 Å². The number of rotatable bonds is 12. The zero-order valence-electron chi connectivity index (χ0n) is 14.1. The lowest BCUT2D eigenvalue weighted by Gasteiger charge is -2.09. The summed E-state index contributed by atoms with van der Waals surface area (Å²) >= 11 is 1.70. The highest BCUT2D eigenvalue weighted by Gasteiger charge is 2.04. The van der Waals surface area contributed by atoms with Crippen LogP contribution in [0.3, 0.4) is 0 Å². The van der Waals surface area contributed by atoms with Crippen LogP contribution >= 0.6 is 11.8 Å². The highest BCUT2D eigenvalue weighted by Crippen LogP contribution is 2.15. The largest absolute Gasteiger partial charge is 0.465 e. The van der Waals surface area contributed by atoms with Gasteiger partial charge in [-0.2, -0.15) is 11.8 Å². The molecule has 0 radical (unpaired) electrons. The van der Waals surface area contributed by atoms with Crippen LogP contribution in [0.25, 0.3) is 0 Å². The van der Waals surface area contributed by atoms with Crippen molar-refractivity contribution in [2.75, 3.05) is 39.5 Å². The van der Waals surface area contributed by atoms with Gasteiger partial charge in [0.25, 0.3) is 6.20 Å². The molecule has 0 spiro atoms. The maximum absolute atomic E-state index is 10.5. The topological polar surface area (TPSA) is 83.6 Å². The number of nitro groups is 1. The first kappa shape index (κ1) is 19.9. The standard InChI is InChI=1S/C16H24N4O3S/c1-4-8-17-16(12-20(21)22)18-9-11-24-13-15-6-5-14(23-15)7-10-19(2)3/h1,5-6,12,17-18H,7-11,13H2,2-3H3. The minimum absolute atomic E-state index is 0.238. The fraction of sp³-hybridized carbons (Fsp3) is 0.500. The third kappa shape index (κ3) is 9.12. The number of hydrogen-bond donors (Lipinski definition) is 2. The molecule has 0 bridgehead atoms. The quantitative estimate of drug-likeness (QED) is 0.255. The molecule has 0 unspecified atom stereocenters. The Morgan fingerprint density at radius 2 is 2.21 bits per heavy atom. The van der Waals surface area contributed by atoms with Crippen molar-refractivity contribution in [1.29, 1.82) is 0 Å². The molecule has 7 nitrogen and oxygen atoms in total. The first-order valence-electron chi connectivity index (χ1n) is 7.58. The van der Waals surface area contributed by atoms with Crippen molar-refractivity contribution in [2.45, 2.75) is 12.2 Å². The third-order valence-electron chi connectivity index (χ3n) is 2.94. The van der Waals surface area contributed by atoms with Crippen molar-refractivity contribution in [3.05, 3.63) is 45.8 Å². The average Bonchev–Trinajstić information content (AvgIpc) is 2.97. The van der Waals surface area contributed by atoms with Gasteiger partial charge < -0.3 is 20.0 Å². The summed E-state index contributed by atoms with van der Waals surface area (Å²) in [5, 5.41) is 16.3. The van der Waals surface area contributed by atoms with E-state index in [-0.39, 0.29) is 6.54 Å². The van der Waals surface area contributed by atoms with Crippen LogP contribution in [0.5, 0.6) is 0 Å². The van der Waals surface area contributed by atoms with E-state index in [1.165, 1.54) is 0 Å². The number of nitrogens with zero attached hydrogens (tertiary/aromatic N) is 2. The van der Waals surface area contributed by atoms with E-state index < -0.39 is 4.92 Å². The number of terminal acetylenes is 1.